The first-order valence-electron chi connectivity index (χ1n) is 7.47. The van der Waals surface area contributed by atoms with Gasteiger partial charge in [-0.05, 0) is 53.6 Å². The smallest absolute Gasteiger partial charge is 0.245 e. The zero-order valence-corrected chi connectivity index (χ0v) is 12.9. The van der Waals surface area contributed by atoms with Gasteiger partial charge >= 0.3 is 0 Å². The normalized spacial score (nSPS) is 10.9. The van der Waals surface area contributed by atoms with Gasteiger partial charge < -0.3 is 9.30 Å². The Labute approximate surface area is 137 Å². The third-order valence-electron chi connectivity index (χ3n) is 3.51. The number of benzene rings is 1. The van der Waals surface area contributed by atoms with E-state index >= 15 is 0 Å². The molecule has 0 spiro atoms. The van der Waals surface area contributed by atoms with Gasteiger partial charge in [0.05, 0.1) is 18.5 Å². The fourth-order valence-corrected chi connectivity index (χ4v) is 2.43. The molecular formula is C16H14N6O2. The zero-order valence-electron chi connectivity index (χ0n) is 12.9. The summed E-state index contributed by atoms with van der Waals surface area (Å²) in [5.74, 6) is 1.82. The van der Waals surface area contributed by atoms with Crippen LogP contribution in [0.15, 0.2) is 59.6 Å². The summed E-state index contributed by atoms with van der Waals surface area (Å²) in [7, 11) is 0. The molecule has 0 atom stereocenters. The predicted octanol–water partition coefficient (Wildman–Crippen LogP) is 2.51. The minimum Gasteiger partial charge on any atom is -0.494 e. The second-order valence-corrected chi connectivity index (χ2v) is 4.99. The molecule has 0 N–H and O–H groups in total. The summed E-state index contributed by atoms with van der Waals surface area (Å²) in [6.07, 6.45) is 5.39. The first kappa shape index (κ1) is 14.2. The highest BCUT2D eigenvalue weighted by atomic mass is 16.6. The van der Waals surface area contributed by atoms with Crippen molar-refractivity contribution in [3.05, 3.63) is 55.0 Å². The van der Waals surface area contributed by atoms with E-state index < -0.39 is 0 Å². The molecule has 0 fully saturated rings. The second-order valence-electron chi connectivity index (χ2n) is 4.99. The van der Waals surface area contributed by atoms with E-state index in [0.29, 0.717) is 18.2 Å². The molecule has 4 rings (SSSR count). The number of rotatable bonds is 5. The van der Waals surface area contributed by atoms with Gasteiger partial charge in [0.2, 0.25) is 11.6 Å². The molecule has 0 saturated carbocycles. The molecule has 0 aliphatic carbocycles. The van der Waals surface area contributed by atoms with Crippen molar-refractivity contribution in [2.75, 3.05) is 6.61 Å². The van der Waals surface area contributed by atoms with Gasteiger partial charge in [0.25, 0.3) is 0 Å². The van der Waals surface area contributed by atoms with E-state index in [1.807, 2.05) is 55.7 Å². The minimum atomic E-state index is 0.465. The van der Waals surface area contributed by atoms with Gasteiger partial charge in [-0.1, -0.05) is 5.21 Å². The molecule has 0 bridgehead atoms. The van der Waals surface area contributed by atoms with Crippen LogP contribution in [-0.4, -0.2) is 36.5 Å². The Bertz CT molecular complexity index is 924. The van der Waals surface area contributed by atoms with E-state index in [9.17, 15) is 0 Å². The van der Waals surface area contributed by atoms with Crippen molar-refractivity contribution < 1.29 is 9.37 Å². The Morgan fingerprint density at radius 1 is 1.04 bits per heavy atom. The van der Waals surface area contributed by atoms with E-state index in [-0.39, 0.29) is 0 Å². The van der Waals surface area contributed by atoms with E-state index in [2.05, 4.69) is 20.6 Å². The molecule has 0 amide bonds. The van der Waals surface area contributed by atoms with E-state index in [1.165, 1.54) is 0 Å². The van der Waals surface area contributed by atoms with Crippen LogP contribution in [0.25, 0.3) is 22.9 Å². The lowest BCUT2D eigenvalue weighted by atomic mass is 10.1. The molecule has 4 aromatic rings. The largest absolute Gasteiger partial charge is 0.494 e. The summed E-state index contributed by atoms with van der Waals surface area (Å²) in [6, 6.07) is 11.5. The number of hydrogen-bond donors (Lipinski definition) is 0. The van der Waals surface area contributed by atoms with Gasteiger partial charge in [-0.25, -0.2) is 4.63 Å². The Hall–Kier alpha value is -3.42. The fraction of sp³-hybridized carbons (Fsp3) is 0.125. The lowest BCUT2D eigenvalue weighted by molar-refractivity contribution is 0.304. The molecule has 8 heteroatoms. The van der Waals surface area contributed by atoms with Gasteiger partial charge in [-0.15, -0.1) is 5.10 Å². The number of nitrogens with zero attached hydrogens (tertiary/aromatic N) is 6. The van der Waals surface area contributed by atoms with Gasteiger partial charge in [0.15, 0.2) is 0 Å². The van der Waals surface area contributed by atoms with E-state index in [0.717, 1.165) is 17.0 Å². The highest BCUT2D eigenvalue weighted by Gasteiger charge is 2.18. The summed E-state index contributed by atoms with van der Waals surface area (Å²) in [4.78, 5) is 0. The van der Waals surface area contributed by atoms with Crippen LogP contribution >= 0.6 is 0 Å². The topological polar surface area (TPSA) is 83.8 Å². The highest BCUT2D eigenvalue weighted by Crippen LogP contribution is 2.25. The maximum Gasteiger partial charge on any atom is 0.245 e. The van der Waals surface area contributed by atoms with Crippen LogP contribution < -0.4 is 4.74 Å². The Morgan fingerprint density at radius 2 is 1.79 bits per heavy atom. The fourth-order valence-electron chi connectivity index (χ4n) is 2.43. The second kappa shape index (κ2) is 5.99. The van der Waals surface area contributed by atoms with Crippen LogP contribution in [0.2, 0.25) is 0 Å². The summed E-state index contributed by atoms with van der Waals surface area (Å²) in [5.41, 5.74) is 1.71. The Balaban J connectivity index is 1.75. The van der Waals surface area contributed by atoms with Crippen LogP contribution in [0, 0.1) is 0 Å². The first-order chi connectivity index (χ1) is 11.9. The van der Waals surface area contributed by atoms with Crippen molar-refractivity contribution in [3.63, 3.8) is 0 Å². The predicted molar refractivity (Wildman–Crippen MR) is 85.1 cm³/mol. The molecule has 0 unspecified atom stereocenters. The summed E-state index contributed by atoms with van der Waals surface area (Å²) in [6.45, 7) is 2.58. The number of hydrogen-bond acceptors (Lipinski definition) is 6. The maximum atomic E-state index is 5.47. The van der Waals surface area contributed by atoms with Crippen molar-refractivity contribution in [3.8, 4) is 28.6 Å². The van der Waals surface area contributed by atoms with Gasteiger partial charge in [0.1, 0.15) is 5.75 Å². The number of aromatic nitrogens is 6. The van der Waals surface area contributed by atoms with Crippen LogP contribution in [0.4, 0.5) is 0 Å². The molecular weight excluding hydrogens is 308 g/mol. The SMILES string of the molecule is CCOc1ccc(-c2cnnn2-c2nonc2-n2cccc2)cc1. The van der Waals surface area contributed by atoms with Crippen molar-refractivity contribution in [2.24, 2.45) is 0 Å². The molecule has 0 aliphatic heterocycles. The van der Waals surface area contributed by atoms with E-state index in [1.54, 1.807) is 15.4 Å². The summed E-state index contributed by atoms with van der Waals surface area (Å²) in [5, 5.41) is 16.1. The van der Waals surface area contributed by atoms with E-state index in [4.69, 9.17) is 9.37 Å². The standard InChI is InChI=1S/C16H14N6O2/c1-2-23-13-7-5-12(6-8-13)14-11-17-20-22(14)16-15(18-24-19-16)21-9-3-4-10-21/h3-11H,2H2,1H3. The minimum absolute atomic E-state index is 0.465. The highest BCUT2D eigenvalue weighted by molar-refractivity contribution is 5.62. The van der Waals surface area contributed by atoms with Gasteiger partial charge in [-0.2, -0.15) is 4.68 Å². The van der Waals surface area contributed by atoms with Crippen LogP contribution in [-0.2, 0) is 0 Å². The van der Waals surface area contributed by atoms with Crippen molar-refractivity contribution in [2.45, 2.75) is 6.92 Å². The Morgan fingerprint density at radius 3 is 2.54 bits per heavy atom. The lowest BCUT2D eigenvalue weighted by Gasteiger charge is -2.06. The molecule has 24 heavy (non-hydrogen) atoms. The molecule has 0 saturated heterocycles. The zero-order chi connectivity index (χ0) is 16.4. The molecule has 0 aliphatic rings. The molecule has 0 radical (unpaired) electrons. The quantitative estimate of drug-likeness (QED) is 0.561. The Kier molecular flexibility index (Phi) is 3.54. The molecule has 120 valence electrons. The van der Waals surface area contributed by atoms with Crippen molar-refractivity contribution in [1.29, 1.82) is 0 Å². The number of ether oxygens (including phenoxy) is 1. The molecule has 3 heterocycles. The third kappa shape index (κ3) is 2.43. The molecule has 1 aromatic carbocycles. The van der Waals surface area contributed by atoms with Crippen LogP contribution in [0.1, 0.15) is 6.92 Å². The van der Waals surface area contributed by atoms with Crippen molar-refractivity contribution >= 4 is 0 Å². The third-order valence-corrected chi connectivity index (χ3v) is 3.51. The monoisotopic (exact) mass is 322 g/mol. The first-order valence-corrected chi connectivity index (χ1v) is 7.47. The van der Waals surface area contributed by atoms with Gasteiger partial charge in [0, 0.05) is 18.0 Å². The maximum absolute atomic E-state index is 5.47. The summed E-state index contributed by atoms with van der Waals surface area (Å²) >= 11 is 0. The average Bonchev–Trinajstić information content (AvgIpc) is 3.35. The lowest BCUT2D eigenvalue weighted by Crippen LogP contribution is -2.05. The molecule has 3 aromatic heterocycles. The van der Waals surface area contributed by atoms with Crippen LogP contribution in [0.5, 0.6) is 5.75 Å². The van der Waals surface area contributed by atoms with Crippen molar-refractivity contribution in [1.82, 2.24) is 29.9 Å². The van der Waals surface area contributed by atoms with Gasteiger partial charge in [-0.3, -0.25) is 0 Å². The summed E-state index contributed by atoms with van der Waals surface area (Å²) < 4.78 is 13.8. The average molecular weight is 322 g/mol. The molecule has 8 nitrogen and oxygen atoms in total. The van der Waals surface area contributed by atoms with Crippen LogP contribution in [0.3, 0.4) is 0 Å².